The second-order valence-corrected chi connectivity index (χ2v) is 13.6. The quantitative estimate of drug-likeness (QED) is 0.322. The molecule has 4 heterocycles. The van der Waals surface area contributed by atoms with Gasteiger partial charge in [-0.15, -0.1) is 18.3 Å². The van der Waals surface area contributed by atoms with Gasteiger partial charge in [0.1, 0.15) is 23.8 Å². The van der Waals surface area contributed by atoms with Crippen LogP contribution >= 0.6 is 0 Å². The summed E-state index contributed by atoms with van der Waals surface area (Å²) in [5, 5.41) is 19.2. The molecular weight excluding hydrogens is 572 g/mol. The summed E-state index contributed by atoms with van der Waals surface area (Å²) in [5.41, 5.74) is -0.698. The number of ether oxygens (including phenoxy) is 1. The third kappa shape index (κ3) is 5.27. The number of aliphatic hydroxyl groups excluding tert-OH is 1. The molecule has 5 rings (SSSR count). The molecule has 3 aliphatic heterocycles. The minimum absolute atomic E-state index is 0.0808. The third-order valence-electron chi connectivity index (χ3n) is 10.1. The molecule has 3 fully saturated rings. The highest BCUT2D eigenvalue weighted by molar-refractivity contribution is 5.99. The van der Waals surface area contributed by atoms with Crippen molar-refractivity contribution in [2.75, 3.05) is 26.2 Å². The molecule has 1 N–H and O–H groups in total. The van der Waals surface area contributed by atoms with Gasteiger partial charge in [0.25, 0.3) is 0 Å². The molecule has 3 unspecified atom stereocenters. The average molecular weight is 621 g/mol. The second-order valence-electron chi connectivity index (χ2n) is 13.6. The zero-order valence-electron chi connectivity index (χ0n) is 27.3. The van der Waals surface area contributed by atoms with E-state index in [2.05, 4.69) is 23.5 Å². The molecule has 2 aromatic rings. The van der Waals surface area contributed by atoms with Crippen LogP contribution in [0.1, 0.15) is 53.9 Å². The Morgan fingerprint density at radius 3 is 2.51 bits per heavy atom. The van der Waals surface area contributed by atoms with E-state index < -0.39 is 35.1 Å². The van der Waals surface area contributed by atoms with Gasteiger partial charge >= 0.3 is 0 Å². The standard InChI is InChI=1S/C34H48N6O5/c1-8-15-37(16-9-2)30(42)27-28-31(43)40(24(20-41)18-22(4)5)29(34(28)19-23(6)33(27,7)45-34)32(44)38(17-10-3)21-39-26-14-12-11-13-25(26)35-36-39/h8,10-14,22-24,27-29,41H,1,3,9,15-21H2,2,4-7H3/t23?,24-,27-,28+,29?,33+,34?/m1/s1. The first kappa shape index (κ1) is 32.8. The van der Waals surface area contributed by atoms with Crippen molar-refractivity contribution in [2.24, 2.45) is 23.7 Å². The molecule has 0 saturated carbocycles. The summed E-state index contributed by atoms with van der Waals surface area (Å²) in [6, 6.07) is 5.85. The van der Waals surface area contributed by atoms with Crippen LogP contribution in [0.15, 0.2) is 49.6 Å². The lowest BCUT2D eigenvalue weighted by atomic mass is 9.62. The van der Waals surface area contributed by atoms with Crippen molar-refractivity contribution < 1.29 is 24.2 Å². The Morgan fingerprint density at radius 1 is 1.18 bits per heavy atom. The van der Waals surface area contributed by atoms with Crippen molar-refractivity contribution in [2.45, 2.75) is 83.8 Å². The maximum absolute atomic E-state index is 15.0. The molecule has 3 aliphatic rings. The number of carbonyl (C=O) groups is 3. The number of aliphatic hydroxyl groups is 1. The molecule has 3 amide bonds. The SMILES string of the molecule is C=CCN(Cn1nnc2ccccc21)C(=O)C1N([C@@H](CO)CC(C)C)C(=O)[C@@H]2[C@H](C(=O)N(CC=C)CCC)[C@@]3(C)OC12CC3C. The lowest BCUT2D eigenvalue weighted by Crippen LogP contribution is -2.59. The molecule has 3 saturated heterocycles. The number of para-hydroxylation sites is 1. The minimum Gasteiger partial charge on any atom is -0.394 e. The van der Waals surface area contributed by atoms with Gasteiger partial charge < -0.3 is 24.5 Å². The number of amides is 3. The molecule has 1 aromatic carbocycles. The van der Waals surface area contributed by atoms with Crippen molar-refractivity contribution in [3.8, 4) is 0 Å². The van der Waals surface area contributed by atoms with Gasteiger partial charge in [-0.2, -0.15) is 0 Å². The number of carbonyl (C=O) groups excluding carboxylic acids is 3. The smallest absolute Gasteiger partial charge is 0.250 e. The van der Waals surface area contributed by atoms with Crippen molar-refractivity contribution in [1.82, 2.24) is 29.7 Å². The van der Waals surface area contributed by atoms with Crippen molar-refractivity contribution in [3.05, 3.63) is 49.6 Å². The predicted octanol–water partition coefficient (Wildman–Crippen LogP) is 3.25. The Labute approximate surface area is 265 Å². The summed E-state index contributed by atoms with van der Waals surface area (Å²) in [7, 11) is 0. The summed E-state index contributed by atoms with van der Waals surface area (Å²) in [5.74, 6) is -2.36. The van der Waals surface area contributed by atoms with Crippen LogP contribution in [0, 0.1) is 23.7 Å². The van der Waals surface area contributed by atoms with Crippen LogP contribution in [0.5, 0.6) is 0 Å². The second kappa shape index (κ2) is 12.7. The summed E-state index contributed by atoms with van der Waals surface area (Å²) in [6.07, 6.45) is 5.04. The zero-order valence-corrected chi connectivity index (χ0v) is 27.3. The maximum atomic E-state index is 15.0. The molecule has 11 heteroatoms. The van der Waals surface area contributed by atoms with E-state index in [9.17, 15) is 19.5 Å². The van der Waals surface area contributed by atoms with E-state index in [4.69, 9.17) is 4.74 Å². The third-order valence-corrected chi connectivity index (χ3v) is 10.1. The van der Waals surface area contributed by atoms with E-state index >= 15 is 0 Å². The number of hydrogen-bond acceptors (Lipinski definition) is 7. The largest absolute Gasteiger partial charge is 0.394 e. The van der Waals surface area contributed by atoms with Gasteiger partial charge in [0.15, 0.2) is 0 Å². The first-order chi connectivity index (χ1) is 21.5. The van der Waals surface area contributed by atoms with Crippen molar-refractivity contribution in [3.63, 3.8) is 0 Å². The lowest BCUT2D eigenvalue weighted by Gasteiger charge is -2.39. The lowest BCUT2D eigenvalue weighted by molar-refractivity contribution is -0.158. The van der Waals surface area contributed by atoms with E-state index in [1.807, 2.05) is 58.9 Å². The molecule has 7 atom stereocenters. The molecule has 2 bridgehead atoms. The first-order valence-corrected chi connectivity index (χ1v) is 16.2. The Balaban J connectivity index is 1.62. The highest BCUT2D eigenvalue weighted by atomic mass is 16.5. The Hall–Kier alpha value is -3.57. The first-order valence-electron chi connectivity index (χ1n) is 16.2. The van der Waals surface area contributed by atoms with Gasteiger partial charge in [-0.1, -0.05) is 57.2 Å². The van der Waals surface area contributed by atoms with Gasteiger partial charge in [0, 0.05) is 19.6 Å². The van der Waals surface area contributed by atoms with Crippen molar-refractivity contribution >= 4 is 28.8 Å². The Morgan fingerprint density at radius 2 is 1.87 bits per heavy atom. The van der Waals surface area contributed by atoms with Crippen LogP contribution in [0.4, 0.5) is 0 Å². The van der Waals surface area contributed by atoms with Crippen LogP contribution in [-0.2, 0) is 25.8 Å². The van der Waals surface area contributed by atoms with Crippen LogP contribution in [0.2, 0.25) is 0 Å². The van der Waals surface area contributed by atoms with Crippen LogP contribution in [0.25, 0.3) is 11.0 Å². The fourth-order valence-corrected chi connectivity index (χ4v) is 8.19. The van der Waals surface area contributed by atoms with Gasteiger partial charge in [-0.3, -0.25) is 14.4 Å². The number of benzene rings is 1. The van der Waals surface area contributed by atoms with Gasteiger partial charge in [-0.25, -0.2) is 4.68 Å². The molecule has 45 heavy (non-hydrogen) atoms. The zero-order chi connectivity index (χ0) is 32.7. The molecule has 0 aliphatic carbocycles. The Kier molecular flexibility index (Phi) is 9.24. The number of fused-ring (bicyclic) bond motifs is 2. The van der Waals surface area contributed by atoms with Crippen molar-refractivity contribution in [1.29, 1.82) is 0 Å². The van der Waals surface area contributed by atoms with E-state index in [1.165, 1.54) is 0 Å². The summed E-state index contributed by atoms with van der Waals surface area (Å²) < 4.78 is 8.62. The molecule has 11 nitrogen and oxygen atoms in total. The highest BCUT2D eigenvalue weighted by Crippen LogP contribution is 2.66. The van der Waals surface area contributed by atoms with E-state index in [-0.39, 0.29) is 49.4 Å². The number of aromatic nitrogens is 3. The molecular formula is C34H48N6O5. The molecule has 1 aromatic heterocycles. The van der Waals surface area contributed by atoms with Crippen LogP contribution in [0.3, 0.4) is 0 Å². The summed E-state index contributed by atoms with van der Waals surface area (Å²) >= 11 is 0. The molecule has 1 spiro atoms. The van der Waals surface area contributed by atoms with Crippen LogP contribution < -0.4 is 0 Å². The Bertz CT molecular complexity index is 1460. The minimum atomic E-state index is -1.23. The fraction of sp³-hybridized carbons (Fsp3) is 0.618. The monoisotopic (exact) mass is 620 g/mol. The highest BCUT2D eigenvalue weighted by Gasteiger charge is 2.80. The normalized spacial score (nSPS) is 29.3. The van der Waals surface area contributed by atoms with Gasteiger partial charge in [-0.05, 0) is 50.2 Å². The number of hydrogen-bond donors (Lipinski definition) is 1. The molecule has 244 valence electrons. The van der Waals surface area contributed by atoms with E-state index in [0.29, 0.717) is 31.4 Å². The van der Waals surface area contributed by atoms with Gasteiger partial charge in [0.05, 0.1) is 35.6 Å². The predicted molar refractivity (Wildman–Crippen MR) is 170 cm³/mol. The number of nitrogens with zero attached hydrogens (tertiary/aromatic N) is 6. The van der Waals surface area contributed by atoms with Gasteiger partial charge in [0.2, 0.25) is 17.7 Å². The van der Waals surface area contributed by atoms with E-state index in [1.54, 1.807) is 31.5 Å². The number of likely N-dealkylation sites (tertiary alicyclic amines) is 1. The topological polar surface area (TPSA) is 121 Å². The summed E-state index contributed by atoms with van der Waals surface area (Å²) in [6.45, 7) is 18.6. The molecule has 0 radical (unpaired) electrons. The fourth-order valence-electron chi connectivity index (χ4n) is 8.19. The maximum Gasteiger partial charge on any atom is 0.250 e. The average Bonchev–Trinajstić information content (AvgIpc) is 3.68. The summed E-state index contributed by atoms with van der Waals surface area (Å²) in [4.78, 5) is 49.0. The number of rotatable bonds is 14. The van der Waals surface area contributed by atoms with Crippen LogP contribution in [-0.4, -0.2) is 102 Å². The van der Waals surface area contributed by atoms with E-state index in [0.717, 1.165) is 11.9 Å².